The number of rotatable bonds is 4. The number of benzene rings is 1. The molecule has 0 saturated carbocycles. The molecule has 0 fully saturated rings. The number of halogens is 1. The normalized spacial score (nSPS) is 11.3. The fourth-order valence-electron chi connectivity index (χ4n) is 1.53. The van der Waals surface area contributed by atoms with Gasteiger partial charge in [0.05, 0.1) is 12.3 Å². The van der Waals surface area contributed by atoms with E-state index in [0.717, 1.165) is 10.0 Å². The van der Waals surface area contributed by atoms with Crippen LogP contribution in [-0.4, -0.2) is 18.5 Å². The highest BCUT2D eigenvalue weighted by molar-refractivity contribution is 9.10. The first kappa shape index (κ1) is 15.0. The molecule has 0 bridgehead atoms. The first-order valence-corrected chi connectivity index (χ1v) is 8.05. The third kappa shape index (κ3) is 3.36. The van der Waals surface area contributed by atoms with Crippen LogP contribution in [0.2, 0.25) is 0 Å². The number of nitrogens with one attached hydrogen (secondary N) is 1. The second-order valence-corrected chi connectivity index (χ2v) is 6.72. The van der Waals surface area contributed by atoms with Crippen molar-refractivity contribution in [1.82, 2.24) is 4.98 Å². The molecular weight excluding hydrogens is 344 g/mol. The average molecular weight is 357 g/mol. The van der Waals surface area contributed by atoms with E-state index in [1.165, 1.54) is 18.3 Å². The van der Waals surface area contributed by atoms with Gasteiger partial charge in [-0.05, 0) is 36.2 Å². The molecule has 20 heavy (non-hydrogen) atoms. The smallest absolute Gasteiger partial charge is 0.279 e. The Bertz CT molecular complexity index is 715. The molecule has 1 heterocycles. The molecule has 2 aromatic rings. The summed E-state index contributed by atoms with van der Waals surface area (Å²) in [5.74, 6) is 0. The van der Waals surface area contributed by atoms with Crippen molar-refractivity contribution in [2.45, 2.75) is 18.6 Å². The Morgan fingerprint density at radius 1 is 1.30 bits per heavy atom. The minimum Gasteiger partial charge on any atom is -0.392 e. The van der Waals surface area contributed by atoms with Crippen molar-refractivity contribution in [1.29, 1.82) is 0 Å². The number of hydrogen-bond donors (Lipinski definition) is 2. The van der Waals surface area contributed by atoms with Crippen LogP contribution in [0, 0.1) is 6.92 Å². The number of aromatic nitrogens is 1. The summed E-state index contributed by atoms with van der Waals surface area (Å²) in [4.78, 5) is 3.84. The average Bonchev–Trinajstić information content (AvgIpc) is 2.43. The van der Waals surface area contributed by atoms with Crippen molar-refractivity contribution >= 4 is 31.6 Å². The monoisotopic (exact) mass is 356 g/mol. The summed E-state index contributed by atoms with van der Waals surface area (Å²) in [7, 11) is -3.73. The van der Waals surface area contributed by atoms with Gasteiger partial charge in [0.2, 0.25) is 0 Å². The van der Waals surface area contributed by atoms with Gasteiger partial charge in [-0.2, -0.15) is 8.42 Å². The number of pyridine rings is 1. The van der Waals surface area contributed by atoms with Crippen molar-refractivity contribution < 1.29 is 13.5 Å². The lowest BCUT2D eigenvalue weighted by atomic mass is 10.2. The number of sulfonamides is 1. The highest BCUT2D eigenvalue weighted by Crippen LogP contribution is 2.22. The summed E-state index contributed by atoms with van der Waals surface area (Å²) in [6, 6.07) is 8.06. The molecule has 5 nitrogen and oxygen atoms in total. The Balaban J connectivity index is 2.27. The first-order chi connectivity index (χ1) is 9.42. The Morgan fingerprint density at radius 3 is 2.60 bits per heavy atom. The standard InChI is InChI=1S/C13H13BrN2O3S/c1-9-2-4-11(6-12(9)14)16-20(18,19)13-5-3-10(8-17)7-15-13/h2-7,16-17H,8H2,1H3. The molecule has 0 saturated heterocycles. The third-order valence-electron chi connectivity index (χ3n) is 2.68. The van der Waals surface area contributed by atoms with Crippen LogP contribution in [0.4, 0.5) is 5.69 Å². The highest BCUT2D eigenvalue weighted by atomic mass is 79.9. The molecule has 106 valence electrons. The lowest BCUT2D eigenvalue weighted by molar-refractivity contribution is 0.281. The minimum atomic E-state index is -3.73. The van der Waals surface area contributed by atoms with Crippen molar-refractivity contribution in [2.75, 3.05) is 4.72 Å². The second-order valence-electron chi connectivity index (χ2n) is 4.23. The molecule has 0 unspecified atom stereocenters. The summed E-state index contributed by atoms with van der Waals surface area (Å²) >= 11 is 3.35. The molecule has 1 aromatic carbocycles. The fourth-order valence-corrected chi connectivity index (χ4v) is 2.89. The Hall–Kier alpha value is -1.44. The van der Waals surface area contributed by atoms with Gasteiger partial charge in [-0.3, -0.25) is 4.72 Å². The molecule has 0 aliphatic heterocycles. The molecule has 0 atom stereocenters. The summed E-state index contributed by atoms with van der Waals surface area (Å²) in [5, 5.41) is 8.82. The lowest BCUT2D eigenvalue weighted by Gasteiger charge is -2.09. The lowest BCUT2D eigenvalue weighted by Crippen LogP contribution is -2.14. The first-order valence-electron chi connectivity index (χ1n) is 5.77. The molecule has 2 rings (SSSR count). The predicted octanol–water partition coefficient (Wildman–Crippen LogP) is 2.45. The minimum absolute atomic E-state index is 0.0913. The molecule has 0 aliphatic rings. The number of aliphatic hydroxyl groups is 1. The maximum Gasteiger partial charge on any atom is 0.279 e. The number of aryl methyl sites for hydroxylation is 1. The van der Waals surface area contributed by atoms with Gasteiger partial charge in [0.25, 0.3) is 10.0 Å². The summed E-state index contributed by atoms with van der Waals surface area (Å²) in [6.07, 6.45) is 1.33. The fraction of sp³-hybridized carbons (Fsp3) is 0.154. The molecule has 0 spiro atoms. The number of aliphatic hydroxyl groups excluding tert-OH is 1. The van der Waals surface area contributed by atoms with E-state index >= 15 is 0 Å². The van der Waals surface area contributed by atoms with Gasteiger partial charge in [0, 0.05) is 10.7 Å². The van der Waals surface area contributed by atoms with Crippen molar-refractivity contribution in [3.05, 3.63) is 52.1 Å². The van der Waals surface area contributed by atoms with Crippen LogP contribution in [0.25, 0.3) is 0 Å². The van der Waals surface area contributed by atoms with Crippen LogP contribution >= 0.6 is 15.9 Å². The van der Waals surface area contributed by atoms with Gasteiger partial charge >= 0.3 is 0 Å². The van der Waals surface area contributed by atoms with Crippen molar-refractivity contribution in [3.8, 4) is 0 Å². The maximum atomic E-state index is 12.1. The van der Waals surface area contributed by atoms with Gasteiger partial charge in [0.15, 0.2) is 5.03 Å². The number of anilines is 1. The Kier molecular flexibility index (Phi) is 4.42. The molecule has 0 radical (unpaired) electrons. The maximum absolute atomic E-state index is 12.1. The van der Waals surface area contributed by atoms with E-state index < -0.39 is 10.0 Å². The van der Waals surface area contributed by atoms with E-state index in [1.807, 2.05) is 13.0 Å². The SMILES string of the molecule is Cc1ccc(NS(=O)(=O)c2ccc(CO)cn2)cc1Br. The largest absolute Gasteiger partial charge is 0.392 e. The summed E-state index contributed by atoms with van der Waals surface area (Å²) in [5.41, 5.74) is 2.02. The highest BCUT2D eigenvalue weighted by Gasteiger charge is 2.16. The van der Waals surface area contributed by atoms with E-state index in [4.69, 9.17) is 5.11 Å². The molecule has 7 heteroatoms. The Labute approximate surface area is 125 Å². The van der Waals surface area contributed by atoms with Gasteiger partial charge in [-0.15, -0.1) is 0 Å². The zero-order chi connectivity index (χ0) is 14.8. The van der Waals surface area contributed by atoms with Crippen molar-refractivity contribution in [3.63, 3.8) is 0 Å². The van der Waals surface area contributed by atoms with E-state index in [2.05, 4.69) is 25.6 Å². The summed E-state index contributed by atoms with van der Waals surface area (Å²) in [6.45, 7) is 1.74. The van der Waals surface area contributed by atoms with Gasteiger partial charge in [0.1, 0.15) is 0 Å². The molecule has 1 aromatic heterocycles. The van der Waals surface area contributed by atoms with Crippen LogP contribution in [-0.2, 0) is 16.6 Å². The Morgan fingerprint density at radius 2 is 2.05 bits per heavy atom. The number of nitrogens with zero attached hydrogens (tertiary/aromatic N) is 1. The topological polar surface area (TPSA) is 79.3 Å². The van der Waals surface area contributed by atoms with Crippen LogP contribution in [0.5, 0.6) is 0 Å². The van der Waals surface area contributed by atoms with Gasteiger partial charge in [-0.25, -0.2) is 4.98 Å². The summed E-state index contributed by atoms with van der Waals surface area (Å²) < 4.78 is 27.6. The van der Waals surface area contributed by atoms with E-state index in [1.54, 1.807) is 12.1 Å². The van der Waals surface area contributed by atoms with Gasteiger partial charge in [-0.1, -0.05) is 28.1 Å². The third-order valence-corrected chi connectivity index (χ3v) is 4.83. The molecule has 0 aliphatic carbocycles. The van der Waals surface area contributed by atoms with Crippen LogP contribution in [0.15, 0.2) is 46.0 Å². The zero-order valence-corrected chi connectivity index (χ0v) is 13.1. The predicted molar refractivity (Wildman–Crippen MR) is 79.8 cm³/mol. The van der Waals surface area contributed by atoms with Crippen LogP contribution in [0.3, 0.4) is 0 Å². The van der Waals surface area contributed by atoms with Crippen molar-refractivity contribution in [2.24, 2.45) is 0 Å². The molecule has 0 amide bonds. The second kappa shape index (κ2) is 5.90. The number of hydrogen-bond acceptors (Lipinski definition) is 4. The van der Waals surface area contributed by atoms with Gasteiger partial charge < -0.3 is 5.11 Å². The van der Waals surface area contributed by atoms with E-state index in [0.29, 0.717) is 11.3 Å². The zero-order valence-electron chi connectivity index (χ0n) is 10.7. The molecule has 2 N–H and O–H groups in total. The molecular formula is C13H13BrN2O3S. The van der Waals surface area contributed by atoms with Crippen LogP contribution in [0.1, 0.15) is 11.1 Å². The van der Waals surface area contributed by atoms with E-state index in [9.17, 15) is 8.42 Å². The van der Waals surface area contributed by atoms with Crippen LogP contribution < -0.4 is 4.72 Å². The van der Waals surface area contributed by atoms with E-state index in [-0.39, 0.29) is 11.6 Å². The quantitative estimate of drug-likeness (QED) is 0.881.